The van der Waals surface area contributed by atoms with Gasteiger partial charge in [-0.2, -0.15) is 0 Å². The number of ketones is 1. The molecule has 166 valence electrons. The van der Waals surface area contributed by atoms with E-state index < -0.39 is 0 Å². The molecule has 4 heteroatoms. The third kappa shape index (κ3) is 2.94. The van der Waals surface area contributed by atoms with Crippen LogP contribution in [0.1, 0.15) is 75.3 Å². The summed E-state index contributed by atoms with van der Waals surface area (Å²) in [7, 11) is 0. The zero-order valence-electron chi connectivity index (χ0n) is 18.7. The number of allylic oxidation sites excluding steroid dienone is 2. The van der Waals surface area contributed by atoms with Crippen LogP contribution in [0.25, 0.3) is 0 Å². The molecule has 1 aromatic rings. The van der Waals surface area contributed by atoms with Gasteiger partial charge in [0.15, 0.2) is 5.79 Å². The molecule has 1 aromatic carbocycles. The molecular weight excluding hydrogens is 391 g/mol. The van der Waals surface area contributed by atoms with Crippen molar-refractivity contribution in [3.8, 4) is 0 Å². The quantitative estimate of drug-likeness (QED) is 0.530. The molecule has 1 heterocycles. The minimum Gasteiger partial charge on any atom is -0.348 e. The predicted octanol–water partition coefficient (Wildman–Crippen LogP) is 5.86. The van der Waals surface area contributed by atoms with Crippen molar-refractivity contribution in [1.82, 2.24) is 0 Å². The minimum atomic E-state index is -0.366. The van der Waals surface area contributed by atoms with Crippen LogP contribution in [0, 0.1) is 35.9 Å². The molecule has 1 aliphatic heterocycles. The number of ether oxygens (including phenoxy) is 2. The fourth-order valence-electron chi connectivity index (χ4n) is 8.07. The summed E-state index contributed by atoms with van der Waals surface area (Å²) in [6.45, 7) is 5.67. The summed E-state index contributed by atoms with van der Waals surface area (Å²) in [6.07, 6.45) is 7.90. The summed E-state index contributed by atoms with van der Waals surface area (Å²) in [5, 5.41) is 0. The van der Waals surface area contributed by atoms with Crippen LogP contribution in [0.3, 0.4) is 0 Å². The Balaban J connectivity index is 1.47. The lowest BCUT2D eigenvalue weighted by molar-refractivity contribution is -0.181. The summed E-state index contributed by atoms with van der Waals surface area (Å²) in [6, 6.07) is 5.25. The lowest BCUT2D eigenvalue weighted by atomic mass is 9.52. The highest BCUT2D eigenvalue weighted by atomic mass is 19.1. The molecule has 1 saturated heterocycles. The molecule has 6 rings (SSSR count). The number of fused-ring (bicyclic) bond motifs is 4. The zero-order valence-corrected chi connectivity index (χ0v) is 18.7. The average molecular weight is 425 g/mol. The lowest BCUT2D eigenvalue weighted by Gasteiger charge is -2.53. The van der Waals surface area contributed by atoms with Crippen LogP contribution in [0.15, 0.2) is 29.3 Å². The number of hydrogen-bond donors (Lipinski definition) is 0. The molecule has 0 N–H and O–H groups in total. The molecule has 0 aromatic heterocycles. The molecule has 4 fully saturated rings. The topological polar surface area (TPSA) is 35.5 Å². The predicted molar refractivity (Wildman–Crippen MR) is 116 cm³/mol. The van der Waals surface area contributed by atoms with Gasteiger partial charge in [-0.25, -0.2) is 4.39 Å². The van der Waals surface area contributed by atoms with Crippen molar-refractivity contribution in [3.05, 3.63) is 46.3 Å². The van der Waals surface area contributed by atoms with Gasteiger partial charge >= 0.3 is 0 Å². The molecule has 4 aliphatic carbocycles. The van der Waals surface area contributed by atoms with Crippen LogP contribution in [0.2, 0.25) is 0 Å². The van der Waals surface area contributed by atoms with Gasteiger partial charge in [0.05, 0.1) is 13.2 Å². The summed E-state index contributed by atoms with van der Waals surface area (Å²) >= 11 is 0. The molecule has 3 nitrogen and oxygen atoms in total. The van der Waals surface area contributed by atoms with E-state index in [0.717, 1.165) is 50.5 Å². The van der Waals surface area contributed by atoms with Crippen LogP contribution in [-0.4, -0.2) is 24.8 Å². The first-order chi connectivity index (χ1) is 14.9. The first-order valence-corrected chi connectivity index (χ1v) is 12.2. The van der Waals surface area contributed by atoms with Crippen molar-refractivity contribution in [3.63, 3.8) is 0 Å². The normalized spacial score (nSPS) is 38.9. The highest BCUT2D eigenvalue weighted by molar-refractivity contribution is 5.87. The van der Waals surface area contributed by atoms with Crippen molar-refractivity contribution in [2.75, 3.05) is 13.2 Å². The maximum Gasteiger partial charge on any atom is 0.169 e. The summed E-state index contributed by atoms with van der Waals surface area (Å²) < 4.78 is 26.1. The Kier molecular flexibility index (Phi) is 4.53. The maximum absolute atomic E-state index is 13.9. The molecule has 0 radical (unpaired) electrons. The molecule has 1 spiro atoms. The van der Waals surface area contributed by atoms with Crippen molar-refractivity contribution in [1.29, 1.82) is 0 Å². The molecule has 0 amide bonds. The molecular formula is C27H33FO3. The first-order valence-electron chi connectivity index (χ1n) is 12.2. The first kappa shape index (κ1) is 20.1. The van der Waals surface area contributed by atoms with E-state index in [0.29, 0.717) is 36.8 Å². The Hall–Kier alpha value is -1.52. The number of benzene rings is 1. The van der Waals surface area contributed by atoms with Gasteiger partial charge in [0, 0.05) is 30.6 Å². The Morgan fingerprint density at radius 3 is 2.65 bits per heavy atom. The second-order valence-electron chi connectivity index (χ2n) is 10.9. The Labute approximate surface area is 184 Å². The Morgan fingerprint density at radius 2 is 1.87 bits per heavy atom. The fraction of sp³-hybridized carbons (Fsp3) is 0.667. The highest BCUT2D eigenvalue weighted by Gasteiger charge is 2.57. The van der Waals surface area contributed by atoms with Crippen LogP contribution in [0.5, 0.6) is 0 Å². The molecule has 3 saturated carbocycles. The monoisotopic (exact) mass is 424 g/mol. The smallest absolute Gasteiger partial charge is 0.169 e. The van der Waals surface area contributed by atoms with Gasteiger partial charge in [-0.05, 0) is 80.0 Å². The van der Waals surface area contributed by atoms with Crippen molar-refractivity contribution in [2.24, 2.45) is 23.2 Å². The van der Waals surface area contributed by atoms with E-state index in [1.165, 1.54) is 12.0 Å². The number of Topliss-reactive ketones (excluding diaryl/α,β-unsaturated/α-hetero) is 1. The van der Waals surface area contributed by atoms with E-state index in [-0.39, 0.29) is 22.9 Å². The molecule has 31 heavy (non-hydrogen) atoms. The molecule has 5 unspecified atom stereocenters. The van der Waals surface area contributed by atoms with E-state index in [2.05, 4.69) is 6.92 Å². The number of rotatable bonds is 1. The van der Waals surface area contributed by atoms with Gasteiger partial charge in [-0.1, -0.05) is 24.1 Å². The van der Waals surface area contributed by atoms with Gasteiger partial charge in [0.1, 0.15) is 11.6 Å². The second kappa shape index (κ2) is 6.99. The average Bonchev–Trinajstić information content (AvgIpc) is 3.31. The SMILES string of the molecule is Cc1cc(F)ccc1C1CC2(C)C(=O)CCC2C2CCC3CC4(CCC3=C12)OCCO4. The van der Waals surface area contributed by atoms with Crippen LogP contribution < -0.4 is 0 Å². The summed E-state index contributed by atoms with van der Waals surface area (Å²) in [5.74, 6) is 1.61. The van der Waals surface area contributed by atoms with Crippen molar-refractivity contribution in [2.45, 2.75) is 76.9 Å². The van der Waals surface area contributed by atoms with Gasteiger partial charge in [-0.3, -0.25) is 4.79 Å². The summed E-state index contributed by atoms with van der Waals surface area (Å²) in [4.78, 5) is 13.1. The third-order valence-corrected chi connectivity index (χ3v) is 9.47. The van der Waals surface area contributed by atoms with Crippen LogP contribution in [-0.2, 0) is 14.3 Å². The highest BCUT2D eigenvalue weighted by Crippen LogP contribution is 2.64. The molecule has 0 bridgehead atoms. The van der Waals surface area contributed by atoms with Crippen molar-refractivity contribution < 1.29 is 18.7 Å². The van der Waals surface area contributed by atoms with Gasteiger partial charge < -0.3 is 9.47 Å². The number of carbonyl (C=O) groups excluding carboxylic acids is 1. The number of aryl methyl sites for hydroxylation is 1. The van der Waals surface area contributed by atoms with Crippen molar-refractivity contribution >= 4 is 5.78 Å². The Bertz CT molecular complexity index is 959. The number of carbonyl (C=O) groups is 1. The molecule has 5 atom stereocenters. The fourth-order valence-corrected chi connectivity index (χ4v) is 8.07. The maximum atomic E-state index is 13.9. The van der Waals surface area contributed by atoms with E-state index in [1.54, 1.807) is 23.3 Å². The molecule has 5 aliphatic rings. The van der Waals surface area contributed by atoms with Crippen LogP contribution >= 0.6 is 0 Å². The van der Waals surface area contributed by atoms with E-state index >= 15 is 0 Å². The van der Waals surface area contributed by atoms with E-state index in [1.807, 2.05) is 13.0 Å². The van der Waals surface area contributed by atoms with E-state index in [9.17, 15) is 9.18 Å². The zero-order chi connectivity index (χ0) is 21.4. The number of hydrogen-bond acceptors (Lipinski definition) is 3. The van der Waals surface area contributed by atoms with Gasteiger partial charge in [0.2, 0.25) is 0 Å². The van der Waals surface area contributed by atoms with E-state index in [4.69, 9.17) is 9.47 Å². The van der Waals surface area contributed by atoms with Crippen LogP contribution in [0.4, 0.5) is 4.39 Å². The Morgan fingerprint density at radius 1 is 1.06 bits per heavy atom. The standard InChI is InChI=1S/C27H33FO3/c1-16-13-18(28)4-6-19(16)22-15-26(2)23(7-8-24(26)29)21-5-3-17-14-27(30-11-12-31-27)10-9-20(17)25(21)22/h4,6,13,17,21-23H,3,5,7-12,14-15H2,1-2H3. The summed E-state index contributed by atoms with van der Waals surface area (Å²) in [5.41, 5.74) is 5.23. The third-order valence-electron chi connectivity index (χ3n) is 9.47. The minimum absolute atomic E-state index is 0.177. The van der Waals surface area contributed by atoms with Gasteiger partial charge in [0.25, 0.3) is 0 Å². The second-order valence-corrected chi connectivity index (χ2v) is 10.9. The van der Waals surface area contributed by atoms with Gasteiger partial charge in [-0.15, -0.1) is 0 Å². The number of halogens is 1. The lowest BCUT2D eigenvalue weighted by Crippen LogP contribution is -2.46. The largest absolute Gasteiger partial charge is 0.348 e.